The van der Waals surface area contributed by atoms with Crippen LogP contribution < -0.4 is 24.3 Å². The lowest BCUT2D eigenvalue weighted by Gasteiger charge is -2.29. The number of fused-ring (bicyclic) bond motifs is 4. The second kappa shape index (κ2) is 21.5. The van der Waals surface area contributed by atoms with Gasteiger partial charge in [0.05, 0.1) is 22.7 Å². The van der Waals surface area contributed by atoms with Gasteiger partial charge in [-0.05, 0) is 167 Å². The summed E-state index contributed by atoms with van der Waals surface area (Å²) < 4.78 is 6.68. The summed E-state index contributed by atoms with van der Waals surface area (Å²) in [5.74, 6) is 1.48. The van der Waals surface area contributed by atoms with Gasteiger partial charge in [0.15, 0.2) is 0 Å². The third-order valence-corrected chi connectivity index (χ3v) is 15.2. The van der Waals surface area contributed by atoms with Crippen molar-refractivity contribution in [2.45, 2.75) is 0 Å². The molecule has 14 aromatic rings. The molecule has 0 atom stereocenters. The first-order valence-corrected chi connectivity index (χ1v) is 27.5. The summed E-state index contributed by atoms with van der Waals surface area (Å²) in [7, 11) is 0. The molecule has 0 heterocycles. The van der Waals surface area contributed by atoms with E-state index in [-0.39, 0.29) is 0 Å². The second-order valence-electron chi connectivity index (χ2n) is 20.1. The Morgan fingerprint density at radius 2 is 0.358 bits per heavy atom. The van der Waals surface area contributed by atoms with Crippen LogP contribution in [-0.4, -0.2) is 0 Å². The standard InChI is InChI=1S/C76H54N4O/c1-3-27-59(28-4-1)77(73-35-15-23-55-19-7-11-31-69(55)73)61-39-43-63(44-40-61)79(75-37-17-25-57-21-9-13-33-71(57)75)65-47-51-67(52-48-65)81-68-53-49-66(50-54-68)80(76-38-18-26-58-22-10-14-34-72(58)76)64-45-41-62(42-46-64)78(60-29-5-2-6-30-60)74-36-16-24-56-20-8-12-32-70(56)74/h1-54H. The zero-order valence-corrected chi connectivity index (χ0v) is 44.4. The molecule has 81 heavy (non-hydrogen) atoms. The van der Waals surface area contributed by atoms with Gasteiger partial charge in [-0.2, -0.15) is 0 Å². The third-order valence-electron chi connectivity index (χ3n) is 15.2. The van der Waals surface area contributed by atoms with Gasteiger partial charge in [0.2, 0.25) is 0 Å². The molecule has 5 nitrogen and oxygen atoms in total. The second-order valence-corrected chi connectivity index (χ2v) is 20.1. The van der Waals surface area contributed by atoms with Crippen molar-refractivity contribution in [3.05, 3.63) is 328 Å². The maximum Gasteiger partial charge on any atom is 0.127 e. The minimum absolute atomic E-state index is 0.740. The van der Waals surface area contributed by atoms with Crippen LogP contribution in [0, 0.1) is 0 Å². The molecule has 14 rings (SSSR count). The van der Waals surface area contributed by atoms with Gasteiger partial charge < -0.3 is 24.3 Å². The van der Waals surface area contributed by atoms with Crippen molar-refractivity contribution >= 4 is 111 Å². The quantitative estimate of drug-likeness (QED) is 0.108. The largest absolute Gasteiger partial charge is 0.457 e. The lowest BCUT2D eigenvalue weighted by Crippen LogP contribution is -2.12. The number of anilines is 12. The molecule has 0 bridgehead atoms. The van der Waals surface area contributed by atoms with E-state index in [9.17, 15) is 0 Å². The van der Waals surface area contributed by atoms with E-state index in [1.165, 1.54) is 32.3 Å². The van der Waals surface area contributed by atoms with Crippen LogP contribution >= 0.6 is 0 Å². The van der Waals surface area contributed by atoms with E-state index in [4.69, 9.17) is 4.74 Å². The first-order chi connectivity index (χ1) is 40.2. The molecular weight excluding hydrogens is 985 g/mol. The van der Waals surface area contributed by atoms with E-state index in [2.05, 4.69) is 347 Å². The van der Waals surface area contributed by atoms with Gasteiger partial charge in [-0.15, -0.1) is 0 Å². The Hall–Kier alpha value is -10.9. The summed E-state index contributed by atoms with van der Waals surface area (Å²) in [6, 6.07) is 116. The Morgan fingerprint density at radius 1 is 0.160 bits per heavy atom. The Morgan fingerprint density at radius 3 is 0.617 bits per heavy atom. The average molecular weight is 1040 g/mol. The van der Waals surface area contributed by atoms with Gasteiger partial charge in [0.25, 0.3) is 0 Å². The summed E-state index contributed by atoms with van der Waals surface area (Å²) in [6.45, 7) is 0. The number of benzene rings is 14. The molecule has 0 aliphatic rings. The normalized spacial score (nSPS) is 11.2. The van der Waals surface area contributed by atoms with Crippen molar-refractivity contribution < 1.29 is 4.74 Å². The Bertz CT molecular complexity index is 4180. The van der Waals surface area contributed by atoms with Crippen molar-refractivity contribution in [3.8, 4) is 11.5 Å². The van der Waals surface area contributed by atoms with E-state index in [1.807, 2.05) is 0 Å². The molecule has 0 N–H and O–H groups in total. The first kappa shape index (κ1) is 48.5. The van der Waals surface area contributed by atoms with Gasteiger partial charge in [0, 0.05) is 67.0 Å². The number of rotatable bonds is 14. The highest BCUT2D eigenvalue weighted by Crippen LogP contribution is 2.46. The lowest BCUT2D eigenvalue weighted by molar-refractivity contribution is 0.483. The minimum atomic E-state index is 0.740. The summed E-state index contributed by atoms with van der Waals surface area (Å²) in [5, 5.41) is 9.46. The molecule has 14 aromatic carbocycles. The molecule has 5 heteroatoms. The van der Waals surface area contributed by atoms with Crippen molar-refractivity contribution in [3.63, 3.8) is 0 Å². The molecule has 0 saturated carbocycles. The maximum absolute atomic E-state index is 6.68. The molecule has 0 aliphatic heterocycles. The van der Waals surface area contributed by atoms with E-state index >= 15 is 0 Å². The molecule has 0 unspecified atom stereocenters. The highest BCUT2D eigenvalue weighted by Gasteiger charge is 2.22. The predicted octanol–water partition coefficient (Wildman–Crippen LogP) is 22.0. The van der Waals surface area contributed by atoms with E-state index < -0.39 is 0 Å². The summed E-state index contributed by atoms with van der Waals surface area (Å²) in [6.07, 6.45) is 0. The van der Waals surface area contributed by atoms with Crippen LogP contribution in [0.5, 0.6) is 11.5 Å². The third kappa shape index (κ3) is 9.49. The van der Waals surface area contributed by atoms with Crippen LogP contribution in [-0.2, 0) is 0 Å². The van der Waals surface area contributed by atoms with Crippen molar-refractivity contribution in [2.75, 3.05) is 19.6 Å². The molecule has 0 spiro atoms. The molecule has 0 aliphatic carbocycles. The summed E-state index contributed by atoms with van der Waals surface area (Å²) in [4.78, 5) is 9.37. The molecule has 384 valence electrons. The Kier molecular flexibility index (Phi) is 12.9. The Labute approximate surface area is 472 Å². The van der Waals surface area contributed by atoms with Gasteiger partial charge in [-0.25, -0.2) is 0 Å². The molecule has 0 amide bonds. The lowest BCUT2D eigenvalue weighted by atomic mass is 10.1. The highest BCUT2D eigenvalue weighted by molar-refractivity contribution is 6.03. The molecular formula is C76H54N4O. The van der Waals surface area contributed by atoms with Crippen molar-refractivity contribution in [1.82, 2.24) is 0 Å². The number of nitrogens with zero attached hydrogens (tertiary/aromatic N) is 4. The van der Waals surface area contributed by atoms with Crippen LogP contribution in [0.3, 0.4) is 0 Å². The average Bonchev–Trinajstić information content (AvgIpc) is 3.54. The predicted molar refractivity (Wildman–Crippen MR) is 342 cm³/mol. The molecule has 0 fully saturated rings. The number of ether oxygens (including phenoxy) is 1. The summed E-state index contributed by atoms with van der Waals surface area (Å²) in [5.41, 5.74) is 12.8. The smallest absolute Gasteiger partial charge is 0.127 e. The monoisotopic (exact) mass is 1040 g/mol. The van der Waals surface area contributed by atoms with Gasteiger partial charge >= 0.3 is 0 Å². The molecule has 0 radical (unpaired) electrons. The number of para-hydroxylation sites is 2. The Balaban J connectivity index is 0.784. The number of hydrogen-bond donors (Lipinski definition) is 0. The van der Waals surface area contributed by atoms with Crippen molar-refractivity contribution in [2.24, 2.45) is 0 Å². The number of hydrogen-bond acceptors (Lipinski definition) is 5. The van der Waals surface area contributed by atoms with E-state index in [0.29, 0.717) is 0 Å². The topological polar surface area (TPSA) is 22.2 Å². The maximum atomic E-state index is 6.68. The van der Waals surface area contributed by atoms with Crippen LogP contribution in [0.2, 0.25) is 0 Å². The first-order valence-electron chi connectivity index (χ1n) is 27.5. The SMILES string of the molecule is c1ccc(N(c2ccc(N(c3ccc(Oc4ccc(N(c5ccc(N(c6ccccc6)c6cccc7ccccc67)cc5)c5cccc6ccccc56)cc4)cc3)c3cccc4ccccc34)cc2)c2cccc3ccccc23)cc1. The van der Waals surface area contributed by atoms with Crippen molar-refractivity contribution in [1.29, 1.82) is 0 Å². The van der Waals surface area contributed by atoms with Gasteiger partial charge in [0.1, 0.15) is 11.5 Å². The fourth-order valence-corrected chi connectivity index (χ4v) is 11.4. The van der Waals surface area contributed by atoms with E-state index in [0.717, 1.165) is 90.5 Å². The van der Waals surface area contributed by atoms with Crippen LogP contribution in [0.4, 0.5) is 68.2 Å². The summed E-state index contributed by atoms with van der Waals surface area (Å²) >= 11 is 0. The van der Waals surface area contributed by atoms with Gasteiger partial charge in [-0.3, -0.25) is 0 Å². The van der Waals surface area contributed by atoms with Crippen LogP contribution in [0.25, 0.3) is 43.1 Å². The molecule has 0 saturated heterocycles. The molecule has 0 aromatic heterocycles. The fourth-order valence-electron chi connectivity index (χ4n) is 11.4. The van der Waals surface area contributed by atoms with Crippen LogP contribution in [0.15, 0.2) is 328 Å². The zero-order chi connectivity index (χ0) is 53.9. The van der Waals surface area contributed by atoms with E-state index in [1.54, 1.807) is 0 Å². The fraction of sp³-hybridized carbons (Fsp3) is 0. The minimum Gasteiger partial charge on any atom is -0.457 e. The highest BCUT2D eigenvalue weighted by atomic mass is 16.5. The van der Waals surface area contributed by atoms with Gasteiger partial charge in [-0.1, -0.05) is 182 Å². The zero-order valence-electron chi connectivity index (χ0n) is 44.4. The van der Waals surface area contributed by atoms with Crippen LogP contribution in [0.1, 0.15) is 0 Å².